The number of benzene rings is 1. The van der Waals surface area contributed by atoms with E-state index in [-0.39, 0.29) is 0 Å². The van der Waals surface area contributed by atoms with E-state index in [2.05, 4.69) is 43.5 Å². The smallest absolute Gasteiger partial charge is 0.238 e. The fourth-order valence-corrected chi connectivity index (χ4v) is 2.81. The molecule has 5 nitrogen and oxygen atoms in total. The van der Waals surface area contributed by atoms with Crippen LogP contribution in [0.4, 0.5) is 5.82 Å². The zero-order valence-electron chi connectivity index (χ0n) is 10.9. The lowest BCUT2D eigenvalue weighted by molar-refractivity contribution is 0.457. The Hall–Kier alpha value is -1.66. The minimum atomic E-state index is 0.448. The van der Waals surface area contributed by atoms with Gasteiger partial charge >= 0.3 is 0 Å². The molecule has 0 aliphatic heterocycles. The number of ether oxygens (including phenoxy) is 1. The zero-order chi connectivity index (χ0) is 13.9. The Balaban J connectivity index is 1.88. The largest absolute Gasteiger partial charge is 0.438 e. The summed E-state index contributed by atoms with van der Waals surface area (Å²) in [6, 6.07) is 6.22. The molecule has 0 unspecified atom stereocenters. The van der Waals surface area contributed by atoms with Gasteiger partial charge in [-0.2, -0.15) is 0 Å². The average Bonchev–Trinajstić information content (AvgIpc) is 2.49. The number of anilines is 1. The molecule has 0 amide bonds. The highest BCUT2D eigenvalue weighted by atomic mass is 79.9. The number of rotatable bonds is 3. The fraction of sp³-hybridized carbons (Fsp3) is 0.286. The van der Waals surface area contributed by atoms with Crippen molar-refractivity contribution in [3.63, 3.8) is 0 Å². The maximum absolute atomic E-state index is 5.82. The van der Waals surface area contributed by atoms with Gasteiger partial charge in [-0.3, -0.25) is 0 Å². The number of aryl methyl sites for hydroxylation is 2. The number of hydrogen-bond acceptors (Lipinski definition) is 5. The summed E-state index contributed by atoms with van der Waals surface area (Å²) < 4.78 is 6.44. The van der Waals surface area contributed by atoms with Crippen LogP contribution in [0.3, 0.4) is 0 Å². The number of nitrogens with zero attached hydrogens (tertiary/aromatic N) is 2. The van der Waals surface area contributed by atoms with Gasteiger partial charge < -0.3 is 10.2 Å². The molecule has 3 N–H and O–H groups in total. The first-order chi connectivity index (χ1) is 9.78. The summed E-state index contributed by atoms with van der Waals surface area (Å²) in [5.41, 5.74) is 5.29. The summed E-state index contributed by atoms with van der Waals surface area (Å²) in [5, 5.41) is 0. The van der Waals surface area contributed by atoms with Crippen molar-refractivity contribution in [2.24, 2.45) is 5.84 Å². The maximum atomic E-state index is 5.82. The van der Waals surface area contributed by atoms with E-state index in [1.54, 1.807) is 0 Å². The molecule has 0 radical (unpaired) electrons. The van der Waals surface area contributed by atoms with E-state index in [0.29, 0.717) is 16.2 Å². The molecule has 1 heterocycles. The lowest BCUT2D eigenvalue weighted by Gasteiger charge is -2.16. The first-order valence-corrected chi connectivity index (χ1v) is 7.34. The van der Waals surface area contributed by atoms with E-state index in [1.165, 1.54) is 30.3 Å². The van der Waals surface area contributed by atoms with Gasteiger partial charge in [0.05, 0.1) is 0 Å². The van der Waals surface area contributed by atoms with E-state index in [4.69, 9.17) is 10.6 Å². The van der Waals surface area contributed by atoms with Crippen molar-refractivity contribution >= 4 is 21.7 Å². The highest BCUT2D eigenvalue weighted by Gasteiger charge is 2.13. The minimum absolute atomic E-state index is 0.448. The second-order valence-corrected chi connectivity index (χ2v) is 5.52. The molecule has 1 aliphatic carbocycles. The molecule has 0 saturated carbocycles. The maximum Gasteiger partial charge on any atom is 0.238 e. The van der Waals surface area contributed by atoms with Gasteiger partial charge in [-0.1, -0.05) is 6.07 Å². The number of fused-ring (bicyclic) bond motifs is 1. The fourth-order valence-electron chi connectivity index (χ4n) is 2.41. The first kappa shape index (κ1) is 13.3. The van der Waals surface area contributed by atoms with Gasteiger partial charge in [-0.15, -0.1) is 0 Å². The zero-order valence-corrected chi connectivity index (χ0v) is 12.5. The SMILES string of the molecule is NNc1ncnc(Oc2ccc3c(c2)CCCC3)c1Br. The predicted molar refractivity (Wildman–Crippen MR) is 80.7 cm³/mol. The molecule has 0 saturated heterocycles. The predicted octanol–water partition coefficient (Wildman–Crippen LogP) is 3.20. The molecule has 0 spiro atoms. The molecule has 20 heavy (non-hydrogen) atoms. The summed E-state index contributed by atoms with van der Waals surface area (Å²) in [6.45, 7) is 0. The molecule has 6 heteroatoms. The Morgan fingerprint density at radius 2 is 1.95 bits per heavy atom. The standard InChI is InChI=1S/C14H15BrN4O/c15-12-13(19-16)17-8-18-14(12)20-11-6-5-9-3-1-2-4-10(9)7-11/h5-8H,1-4,16H2,(H,17,18,19). The molecule has 1 aliphatic rings. The molecular weight excluding hydrogens is 320 g/mol. The van der Waals surface area contributed by atoms with Crippen LogP contribution in [0.25, 0.3) is 0 Å². The van der Waals surface area contributed by atoms with Crippen molar-refractivity contribution in [2.75, 3.05) is 5.43 Å². The van der Waals surface area contributed by atoms with Crippen LogP contribution in [0.15, 0.2) is 29.0 Å². The Morgan fingerprint density at radius 1 is 1.15 bits per heavy atom. The van der Waals surface area contributed by atoms with Crippen molar-refractivity contribution in [1.29, 1.82) is 0 Å². The van der Waals surface area contributed by atoms with Gasteiger partial charge in [0, 0.05) is 0 Å². The number of hydrogen-bond donors (Lipinski definition) is 2. The summed E-state index contributed by atoms with van der Waals surface area (Å²) in [4.78, 5) is 8.11. The second kappa shape index (κ2) is 5.76. The second-order valence-electron chi connectivity index (χ2n) is 4.73. The van der Waals surface area contributed by atoms with Crippen LogP contribution in [-0.2, 0) is 12.8 Å². The number of nitrogens with one attached hydrogen (secondary N) is 1. The van der Waals surface area contributed by atoms with E-state index >= 15 is 0 Å². The van der Waals surface area contributed by atoms with Crippen molar-refractivity contribution in [2.45, 2.75) is 25.7 Å². The van der Waals surface area contributed by atoms with Crippen LogP contribution in [0.1, 0.15) is 24.0 Å². The quantitative estimate of drug-likeness (QED) is 0.666. The van der Waals surface area contributed by atoms with Crippen molar-refractivity contribution in [3.05, 3.63) is 40.1 Å². The average molecular weight is 335 g/mol. The molecule has 2 aromatic rings. The third-order valence-electron chi connectivity index (χ3n) is 3.43. The number of nitrogen functional groups attached to an aromatic ring is 1. The van der Waals surface area contributed by atoms with Gasteiger partial charge in [0.2, 0.25) is 5.88 Å². The third kappa shape index (κ3) is 2.62. The number of hydrazine groups is 1. The van der Waals surface area contributed by atoms with Crippen molar-refractivity contribution in [1.82, 2.24) is 9.97 Å². The lowest BCUT2D eigenvalue weighted by atomic mass is 9.92. The Bertz CT molecular complexity index is 633. The summed E-state index contributed by atoms with van der Waals surface area (Å²) >= 11 is 3.38. The number of nitrogens with two attached hydrogens (primary N) is 1. The topological polar surface area (TPSA) is 73.1 Å². The minimum Gasteiger partial charge on any atom is -0.438 e. The number of halogens is 1. The Labute approximate surface area is 125 Å². The van der Waals surface area contributed by atoms with Gasteiger partial charge in [-0.05, 0) is 64.9 Å². The van der Waals surface area contributed by atoms with Crippen LogP contribution in [0.5, 0.6) is 11.6 Å². The summed E-state index contributed by atoms with van der Waals surface area (Å²) in [5.74, 6) is 7.10. The van der Waals surface area contributed by atoms with E-state index in [1.807, 2.05) is 6.07 Å². The Morgan fingerprint density at radius 3 is 2.75 bits per heavy atom. The normalized spacial score (nSPS) is 13.7. The van der Waals surface area contributed by atoms with Crippen LogP contribution >= 0.6 is 15.9 Å². The van der Waals surface area contributed by atoms with Gasteiger partial charge in [0.15, 0.2) is 5.82 Å². The monoisotopic (exact) mass is 334 g/mol. The third-order valence-corrected chi connectivity index (χ3v) is 4.14. The highest BCUT2D eigenvalue weighted by Crippen LogP contribution is 2.33. The molecule has 1 aromatic carbocycles. The molecule has 104 valence electrons. The van der Waals surface area contributed by atoms with Gasteiger partial charge in [0.1, 0.15) is 16.5 Å². The van der Waals surface area contributed by atoms with Gasteiger partial charge in [-0.25, -0.2) is 15.8 Å². The molecule has 0 fully saturated rings. The number of aromatic nitrogens is 2. The lowest BCUT2D eigenvalue weighted by Crippen LogP contribution is -2.10. The van der Waals surface area contributed by atoms with Crippen LogP contribution in [0.2, 0.25) is 0 Å². The van der Waals surface area contributed by atoms with E-state index in [9.17, 15) is 0 Å². The van der Waals surface area contributed by atoms with Crippen molar-refractivity contribution in [3.8, 4) is 11.6 Å². The summed E-state index contributed by atoms with van der Waals surface area (Å²) in [6.07, 6.45) is 6.21. The van der Waals surface area contributed by atoms with Crippen LogP contribution < -0.4 is 16.0 Å². The van der Waals surface area contributed by atoms with E-state index < -0.39 is 0 Å². The van der Waals surface area contributed by atoms with Crippen molar-refractivity contribution < 1.29 is 4.74 Å². The molecule has 0 atom stereocenters. The molecule has 1 aromatic heterocycles. The molecule has 0 bridgehead atoms. The highest BCUT2D eigenvalue weighted by molar-refractivity contribution is 9.10. The summed E-state index contributed by atoms with van der Waals surface area (Å²) in [7, 11) is 0. The first-order valence-electron chi connectivity index (χ1n) is 6.54. The van der Waals surface area contributed by atoms with Crippen LogP contribution in [-0.4, -0.2) is 9.97 Å². The van der Waals surface area contributed by atoms with Crippen LogP contribution in [0, 0.1) is 0 Å². The van der Waals surface area contributed by atoms with Gasteiger partial charge in [0.25, 0.3) is 0 Å². The molecular formula is C14H15BrN4O. The van der Waals surface area contributed by atoms with E-state index in [0.717, 1.165) is 18.6 Å². The Kier molecular flexibility index (Phi) is 3.84. The molecule has 3 rings (SSSR count).